The van der Waals surface area contributed by atoms with Gasteiger partial charge in [-0.1, -0.05) is 31.9 Å². The number of aryl methyl sites for hydroxylation is 1. The van der Waals surface area contributed by atoms with Crippen LogP contribution in [0.15, 0.2) is 24.3 Å². The maximum Gasteiger partial charge on any atom is 0.253 e. The lowest BCUT2D eigenvalue weighted by Gasteiger charge is -2.42. The number of amides is 2. The molecule has 1 saturated carbocycles. The van der Waals surface area contributed by atoms with Crippen molar-refractivity contribution in [2.45, 2.75) is 52.0 Å². The van der Waals surface area contributed by atoms with Crippen LogP contribution in [0.4, 0.5) is 0 Å². The molecule has 1 aliphatic heterocycles. The van der Waals surface area contributed by atoms with Crippen LogP contribution in [0.2, 0.25) is 0 Å². The van der Waals surface area contributed by atoms with Crippen LogP contribution in [0.5, 0.6) is 0 Å². The molecule has 28 heavy (non-hydrogen) atoms. The average molecular weight is 386 g/mol. The van der Waals surface area contributed by atoms with Crippen molar-refractivity contribution in [1.29, 1.82) is 0 Å². The van der Waals surface area contributed by atoms with E-state index in [0.717, 1.165) is 44.5 Å². The second-order valence-electron chi connectivity index (χ2n) is 8.22. The molecule has 2 amide bonds. The molecule has 1 aromatic carbocycles. The predicted octanol–water partition coefficient (Wildman–Crippen LogP) is 3.04. The number of benzene rings is 1. The molecule has 0 unspecified atom stereocenters. The number of hydrogen-bond acceptors (Lipinski definition) is 3. The first-order valence-electron chi connectivity index (χ1n) is 10.9. The molecule has 1 heterocycles. The first kappa shape index (κ1) is 20.8. The van der Waals surface area contributed by atoms with Crippen molar-refractivity contribution >= 4 is 11.8 Å². The minimum atomic E-state index is -0.0199. The first-order chi connectivity index (χ1) is 13.5. The zero-order valence-electron chi connectivity index (χ0n) is 17.7. The highest BCUT2D eigenvalue weighted by atomic mass is 16.2. The van der Waals surface area contributed by atoms with Gasteiger partial charge in [0.1, 0.15) is 0 Å². The Hall–Kier alpha value is -1.88. The quantitative estimate of drug-likeness (QED) is 0.756. The average Bonchev–Trinajstić information content (AvgIpc) is 3.27. The molecule has 2 fully saturated rings. The number of carbonyl (C=O) groups is 2. The second-order valence-corrected chi connectivity index (χ2v) is 8.22. The van der Waals surface area contributed by atoms with Crippen LogP contribution in [0.3, 0.4) is 0 Å². The topological polar surface area (TPSA) is 43.9 Å². The normalized spacial score (nSPS) is 19.6. The summed E-state index contributed by atoms with van der Waals surface area (Å²) in [6.07, 6.45) is 5.75. The van der Waals surface area contributed by atoms with Crippen LogP contribution in [0, 0.1) is 5.92 Å². The predicted molar refractivity (Wildman–Crippen MR) is 112 cm³/mol. The summed E-state index contributed by atoms with van der Waals surface area (Å²) >= 11 is 0. The molecule has 1 aromatic rings. The molecule has 1 atom stereocenters. The molecule has 0 bridgehead atoms. The van der Waals surface area contributed by atoms with Gasteiger partial charge in [-0.3, -0.25) is 14.5 Å². The standard InChI is InChI=1S/C23H35N3O2/c1-4-18-10-12-20(13-11-18)22(27)26-16-14-25(15-17-26)21(19-8-6-7-9-19)23(28)24(3)5-2/h10-13,19,21H,4-9,14-17H2,1-3H3/t21-/m1/s1. The lowest BCUT2D eigenvalue weighted by atomic mass is 9.94. The van der Waals surface area contributed by atoms with Gasteiger partial charge in [-0.25, -0.2) is 0 Å². The molecular weight excluding hydrogens is 350 g/mol. The van der Waals surface area contributed by atoms with E-state index in [1.165, 1.54) is 18.4 Å². The Bertz CT molecular complexity index is 659. The Labute approximate surface area is 169 Å². The Morgan fingerprint density at radius 2 is 1.64 bits per heavy atom. The minimum Gasteiger partial charge on any atom is -0.345 e. The molecule has 1 aliphatic carbocycles. The summed E-state index contributed by atoms with van der Waals surface area (Å²) in [7, 11) is 1.91. The summed E-state index contributed by atoms with van der Waals surface area (Å²) in [4.78, 5) is 32.1. The monoisotopic (exact) mass is 385 g/mol. The summed E-state index contributed by atoms with van der Waals surface area (Å²) in [5.74, 6) is 0.825. The summed E-state index contributed by atoms with van der Waals surface area (Å²) < 4.78 is 0. The van der Waals surface area contributed by atoms with Gasteiger partial charge >= 0.3 is 0 Å². The van der Waals surface area contributed by atoms with Gasteiger partial charge in [0.2, 0.25) is 5.91 Å². The maximum atomic E-state index is 13.1. The van der Waals surface area contributed by atoms with Crippen molar-refractivity contribution in [2.75, 3.05) is 39.8 Å². The highest BCUT2D eigenvalue weighted by Gasteiger charge is 2.38. The SMILES string of the molecule is CCc1ccc(C(=O)N2CCN([C@@H](C(=O)N(C)CC)C3CCCC3)CC2)cc1. The van der Waals surface area contributed by atoms with E-state index in [2.05, 4.69) is 11.8 Å². The molecule has 1 saturated heterocycles. The molecule has 154 valence electrons. The fourth-order valence-electron chi connectivity index (χ4n) is 4.58. The van der Waals surface area contributed by atoms with Crippen LogP contribution < -0.4 is 0 Å². The fourth-order valence-corrected chi connectivity index (χ4v) is 4.58. The van der Waals surface area contributed by atoms with Crippen molar-refractivity contribution in [1.82, 2.24) is 14.7 Å². The Balaban J connectivity index is 1.64. The van der Waals surface area contributed by atoms with Gasteiger partial charge in [0.15, 0.2) is 0 Å². The summed E-state index contributed by atoms with van der Waals surface area (Å²) in [6.45, 7) is 7.85. The molecular formula is C23H35N3O2. The van der Waals surface area contributed by atoms with Crippen LogP contribution in [0.25, 0.3) is 0 Å². The smallest absolute Gasteiger partial charge is 0.253 e. The van der Waals surface area contributed by atoms with Gasteiger partial charge in [-0.15, -0.1) is 0 Å². The second kappa shape index (κ2) is 9.55. The van der Waals surface area contributed by atoms with Crippen molar-refractivity contribution in [3.63, 3.8) is 0 Å². The highest BCUT2D eigenvalue weighted by molar-refractivity contribution is 5.94. The van der Waals surface area contributed by atoms with E-state index in [1.54, 1.807) is 0 Å². The van der Waals surface area contributed by atoms with Crippen LogP contribution in [-0.4, -0.2) is 72.3 Å². The third-order valence-corrected chi connectivity index (χ3v) is 6.55. The number of likely N-dealkylation sites (N-methyl/N-ethyl adjacent to an activating group) is 1. The highest BCUT2D eigenvalue weighted by Crippen LogP contribution is 2.32. The van der Waals surface area contributed by atoms with E-state index < -0.39 is 0 Å². The Morgan fingerprint density at radius 3 is 2.18 bits per heavy atom. The molecule has 0 N–H and O–H groups in total. The lowest BCUT2D eigenvalue weighted by molar-refractivity contribution is -0.138. The van der Waals surface area contributed by atoms with E-state index in [-0.39, 0.29) is 17.9 Å². The van der Waals surface area contributed by atoms with E-state index in [9.17, 15) is 9.59 Å². The van der Waals surface area contributed by atoms with E-state index in [4.69, 9.17) is 0 Å². The number of rotatable bonds is 6. The number of nitrogens with zero attached hydrogens (tertiary/aromatic N) is 3. The van der Waals surface area contributed by atoms with Crippen LogP contribution in [-0.2, 0) is 11.2 Å². The van der Waals surface area contributed by atoms with Gasteiger partial charge in [0, 0.05) is 45.3 Å². The molecule has 0 spiro atoms. The number of piperazine rings is 1. The van der Waals surface area contributed by atoms with Crippen LogP contribution in [0.1, 0.15) is 55.5 Å². The molecule has 3 rings (SSSR count). The van der Waals surface area contributed by atoms with Crippen molar-refractivity contribution in [2.24, 2.45) is 5.92 Å². The third-order valence-electron chi connectivity index (χ3n) is 6.55. The first-order valence-corrected chi connectivity index (χ1v) is 10.9. The zero-order valence-corrected chi connectivity index (χ0v) is 17.7. The van der Waals surface area contributed by atoms with Gasteiger partial charge in [-0.2, -0.15) is 0 Å². The summed E-state index contributed by atoms with van der Waals surface area (Å²) in [6, 6.07) is 7.94. The summed E-state index contributed by atoms with van der Waals surface area (Å²) in [5.41, 5.74) is 2.01. The Kier molecular flexibility index (Phi) is 7.11. The van der Waals surface area contributed by atoms with Crippen molar-refractivity contribution in [3.05, 3.63) is 35.4 Å². The number of carbonyl (C=O) groups excluding carboxylic acids is 2. The van der Waals surface area contributed by atoms with Gasteiger partial charge in [0.25, 0.3) is 5.91 Å². The van der Waals surface area contributed by atoms with Crippen molar-refractivity contribution < 1.29 is 9.59 Å². The third kappa shape index (κ3) is 4.57. The van der Waals surface area contributed by atoms with Gasteiger partial charge in [-0.05, 0) is 49.8 Å². The fraction of sp³-hybridized carbons (Fsp3) is 0.652. The lowest BCUT2D eigenvalue weighted by Crippen LogP contribution is -2.58. The molecule has 0 aromatic heterocycles. The number of hydrogen-bond donors (Lipinski definition) is 0. The van der Waals surface area contributed by atoms with Gasteiger partial charge < -0.3 is 9.80 Å². The largest absolute Gasteiger partial charge is 0.345 e. The molecule has 0 radical (unpaired) electrons. The minimum absolute atomic E-state index is 0.0199. The van der Waals surface area contributed by atoms with Crippen molar-refractivity contribution in [3.8, 4) is 0 Å². The summed E-state index contributed by atoms with van der Waals surface area (Å²) in [5, 5.41) is 0. The van der Waals surface area contributed by atoms with E-state index in [0.29, 0.717) is 19.0 Å². The zero-order chi connectivity index (χ0) is 20.1. The van der Waals surface area contributed by atoms with Crippen LogP contribution >= 0.6 is 0 Å². The Morgan fingerprint density at radius 1 is 1.04 bits per heavy atom. The van der Waals surface area contributed by atoms with Gasteiger partial charge in [0.05, 0.1) is 6.04 Å². The maximum absolute atomic E-state index is 13.1. The molecule has 2 aliphatic rings. The molecule has 5 nitrogen and oxygen atoms in total. The van der Waals surface area contributed by atoms with E-state index >= 15 is 0 Å². The van der Waals surface area contributed by atoms with E-state index in [1.807, 2.05) is 48.0 Å². The molecule has 5 heteroatoms.